The van der Waals surface area contributed by atoms with E-state index in [-0.39, 0.29) is 11.7 Å². The lowest BCUT2D eigenvalue weighted by atomic mass is 10.2. The highest BCUT2D eigenvalue weighted by molar-refractivity contribution is 5.88. The van der Waals surface area contributed by atoms with Crippen LogP contribution in [-0.2, 0) is 11.3 Å². The predicted octanol–water partition coefficient (Wildman–Crippen LogP) is 2.74. The molecule has 2 aromatic rings. The molecule has 0 bridgehead atoms. The lowest BCUT2D eigenvalue weighted by Gasteiger charge is -2.26. The molecule has 0 spiro atoms. The lowest BCUT2D eigenvalue weighted by Crippen LogP contribution is -2.33. The standard InChI is InChI=1S/C17H16O5/c18-17(19)13-6-7-15-16(8-13)21-11-14(22-15)10-20-9-12-4-2-1-3-5-12/h1-8,14H,9-11H2,(H,18,19). The van der Waals surface area contributed by atoms with Crippen molar-refractivity contribution in [2.24, 2.45) is 0 Å². The van der Waals surface area contributed by atoms with Crippen LogP contribution in [0.1, 0.15) is 15.9 Å². The summed E-state index contributed by atoms with van der Waals surface area (Å²) in [4.78, 5) is 10.9. The topological polar surface area (TPSA) is 65.0 Å². The van der Waals surface area contributed by atoms with Crippen molar-refractivity contribution in [2.75, 3.05) is 13.2 Å². The number of aromatic carboxylic acids is 1. The molecule has 1 aliphatic rings. The maximum Gasteiger partial charge on any atom is 0.335 e. The van der Waals surface area contributed by atoms with Gasteiger partial charge < -0.3 is 19.3 Å². The van der Waals surface area contributed by atoms with Crippen molar-refractivity contribution in [3.05, 3.63) is 59.7 Å². The second kappa shape index (κ2) is 6.49. The molecule has 0 saturated carbocycles. The van der Waals surface area contributed by atoms with Gasteiger partial charge in [0.2, 0.25) is 0 Å². The Kier molecular flexibility index (Phi) is 4.25. The number of hydrogen-bond donors (Lipinski definition) is 1. The molecule has 1 atom stereocenters. The molecule has 2 aromatic carbocycles. The second-order valence-corrected chi connectivity index (χ2v) is 5.02. The van der Waals surface area contributed by atoms with Crippen molar-refractivity contribution in [2.45, 2.75) is 12.7 Å². The molecule has 0 radical (unpaired) electrons. The zero-order valence-corrected chi connectivity index (χ0v) is 11.9. The highest BCUT2D eigenvalue weighted by atomic mass is 16.6. The fourth-order valence-electron chi connectivity index (χ4n) is 2.21. The quantitative estimate of drug-likeness (QED) is 0.919. The van der Waals surface area contributed by atoms with Crippen molar-refractivity contribution in [1.29, 1.82) is 0 Å². The number of carboxylic acid groups (broad SMARTS) is 1. The highest BCUT2D eigenvalue weighted by Crippen LogP contribution is 2.32. The third-order valence-electron chi connectivity index (χ3n) is 3.32. The summed E-state index contributed by atoms with van der Waals surface area (Å²) in [6.45, 7) is 1.27. The minimum atomic E-state index is -0.986. The van der Waals surface area contributed by atoms with Gasteiger partial charge >= 0.3 is 5.97 Å². The molecular weight excluding hydrogens is 284 g/mol. The molecule has 1 N–H and O–H groups in total. The number of hydrogen-bond acceptors (Lipinski definition) is 4. The Labute approximate surface area is 128 Å². The van der Waals surface area contributed by atoms with Crippen LogP contribution in [0.2, 0.25) is 0 Å². The molecular formula is C17H16O5. The zero-order chi connectivity index (χ0) is 15.4. The van der Waals surface area contributed by atoms with Crippen LogP contribution in [0.25, 0.3) is 0 Å². The first-order chi connectivity index (χ1) is 10.7. The molecule has 1 unspecified atom stereocenters. The first kappa shape index (κ1) is 14.4. The average molecular weight is 300 g/mol. The summed E-state index contributed by atoms with van der Waals surface area (Å²) in [5, 5.41) is 8.95. The number of rotatable bonds is 5. The van der Waals surface area contributed by atoms with Gasteiger partial charge in [-0.1, -0.05) is 30.3 Å². The van der Waals surface area contributed by atoms with Gasteiger partial charge in [-0.3, -0.25) is 0 Å². The Bertz CT molecular complexity index is 653. The third-order valence-corrected chi connectivity index (χ3v) is 3.32. The van der Waals surface area contributed by atoms with Crippen LogP contribution in [0.3, 0.4) is 0 Å². The second-order valence-electron chi connectivity index (χ2n) is 5.02. The van der Waals surface area contributed by atoms with Crippen LogP contribution >= 0.6 is 0 Å². The number of carbonyl (C=O) groups is 1. The van der Waals surface area contributed by atoms with Gasteiger partial charge in [0, 0.05) is 0 Å². The summed E-state index contributed by atoms with van der Waals surface area (Å²) >= 11 is 0. The van der Waals surface area contributed by atoms with E-state index in [1.54, 1.807) is 6.07 Å². The SMILES string of the molecule is O=C(O)c1ccc2c(c1)OCC(COCc1ccccc1)O2. The molecule has 3 rings (SSSR count). The molecule has 0 aliphatic carbocycles. The molecule has 5 heteroatoms. The van der Waals surface area contributed by atoms with E-state index in [2.05, 4.69) is 0 Å². The van der Waals surface area contributed by atoms with Gasteiger partial charge in [-0.15, -0.1) is 0 Å². The summed E-state index contributed by atoms with van der Waals surface area (Å²) in [7, 11) is 0. The van der Waals surface area contributed by atoms with Crippen LogP contribution in [0.15, 0.2) is 48.5 Å². The maximum absolute atomic E-state index is 10.9. The summed E-state index contributed by atoms with van der Waals surface area (Å²) < 4.78 is 17.0. The third kappa shape index (κ3) is 3.38. The van der Waals surface area contributed by atoms with Crippen molar-refractivity contribution >= 4 is 5.97 Å². The summed E-state index contributed by atoms with van der Waals surface area (Å²) in [6, 6.07) is 14.5. The summed E-state index contributed by atoms with van der Waals surface area (Å²) in [6.07, 6.45) is -0.202. The predicted molar refractivity (Wildman–Crippen MR) is 79.4 cm³/mol. The minimum Gasteiger partial charge on any atom is -0.486 e. The van der Waals surface area contributed by atoms with E-state index in [4.69, 9.17) is 19.3 Å². The van der Waals surface area contributed by atoms with E-state index >= 15 is 0 Å². The number of ether oxygens (including phenoxy) is 3. The van der Waals surface area contributed by atoms with E-state index in [1.807, 2.05) is 30.3 Å². The molecule has 1 aliphatic heterocycles. The molecule has 114 valence electrons. The molecule has 5 nitrogen and oxygen atoms in total. The fraction of sp³-hybridized carbons (Fsp3) is 0.235. The first-order valence-corrected chi connectivity index (χ1v) is 7.01. The van der Waals surface area contributed by atoms with Crippen LogP contribution in [0, 0.1) is 0 Å². The highest BCUT2D eigenvalue weighted by Gasteiger charge is 2.22. The Morgan fingerprint density at radius 1 is 1.18 bits per heavy atom. The van der Waals surface area contributed by atoms with Crippen LogP contribution < -0.4 is 9.47 Å². The van der Waals surface area contributed by atoms with Gasteiger partial charge in [0.05, 0.1) is 18.8 Å². The zero-order valence-electron chi connectivity index (χ0n) is 11.9. The lowest BCUT2D eigenvalue weighted by molar-refractivity contribution is 0.00265. The van der Waals surface area contributed by atoms with E-state index < -0.39 is 5.97 Å². The number of benzene rings is 2. The van der Waals surface area contributed by atoms with Crippen LogP contribution in [-0.4, -0.2) is 30.4 Å². The maximum atomic E-state index is 10.9. The molecule has 0 fully saturated rings. The monoisotopic (exact) mass is 300 g/mol. The van der Waals surface area contributed by atoms with Crippen molar-refractivity contribution in [3.8, 4) is 11.5 Å². The van der Waals surface area contributed by atoms with Crippen molar-refractivity contribution in [1.82, 2.24) is 0 Å². The Hall–Kier alpha value is -2.53. The van der Waals surface area contributed by atoms with Crippen molar-refractivity contribution < 1.29 is 24.1 Å². The summed E-state index contributed by atoms with van der Waals surface area (Å²) in [5.74, 6) is 0.0171. The first-order valence-electron chi connectivity index (χ1n) is 7.01. The Morgan fingerprint density at radius 3 is 2.77 bits per heavy atom. The van der Waals surface area contributed by atoms with Gasteiger partial charge in [0.1, 0.15) is 6.61 Å². The van der Waals surface area contributed by atoms with Gasteiger partial charge in [0.25, 0.3) is 0 Å². The number of carboxylic acids is 1. The van der Waals surface area contributed by atoms with Gasteiger partial charge in [0.15, 0.2) is 17.6 Å². The Morgan fingerprint density at radius 2 is 2.00 bits per heavy atom. The van der Waals surface area contributed by atoms with Crippen LogP contribution in [0.5, 0.6) is 11.5 Å². The largest absolute Gasteiger partial charge is 0.486 e. The molecule has 0 saturated heterocycles. The molecule has 0 aromatic heterocycles. The van der Waals surface area contributed by atoms with E-state index in [0.29, 0.717) is 31.3 Å². The summed E-state index contributed by atoms with van der Waals surface area (Å²) in [5.41, 5.74) is 1.28. The van der Waals surface area contributed by atoms with Gasteiger partial charge in [-0.05, 0) is 23.8 Å². The van der Waals surface area contributed by atoms with Crippen LogP contribution in [0.4, 0.5) is 0 Å². The van der Waals surface area contributed by atoms with Gasteiger partial charge in [-0.25, -0.2) is 4.79 Å². The smallest absolute Gasteiger partial charge is 0.335 e. The number of fused-ring (bicyclic) bond motifs is 1. The molecule has 1 heterocycles. The minimum absolute atomic E-state index is 0.182. The molecule has 22 heavy (non-hydrogen) atoms. The van der Waals surface area contributed by atoms with E-state index in [9.17, 15) is 4.79 Å². The van der Waals surface area contributed by atoms with Gasteiger partial charge in [-0.2, -0.15) is 0 Å². The average Bonchev–Trinajstić information content (AvgIpc) is 2.55. The van der Waals surface area contributed by atoms with E-state index in [0.717, 1.165) is 5.56 Å². The van der Waals surface area contributed by atoms with Crippen molar-refractivity contribution in [3.63, 3.8) is 0 Å². The Balaban J connectivity index is 1.55. The fourth-order valence-corrected chi connectivity index (χ4v) is 2.21. The van der Waals surface area contributed by atoms with E-state index in [1.165, 1.54) is 12.1 Å². The normalized spacial score (nSPS) is 16.3. The molecule has 0 amide bonds.